The molecule has 0 saturated heterocycles. The van der Waals surface area contributed by atoms with Gasteiger partial charge in [0, 0.05) is 0 Å². The topological polar surface area (TPSA) is 83.1 Å². The van der Waals surface area contributed by atoms with Crippen molar-refractivity contribution in [2.45, 2.75) is 12.5 Å². The molecule has 1 heterocycles. The van der Waals surface area contributed by atoms with Crippen LogP contribution in [-0.2, 0) is 20.7 Å². The van der Waals surface area contributed by atoms with Crippen molar-refractivity contribution in [3.63, 3.8) is 0 Å². The lowest BCUT2D eigenvalue weighted by Gasteiger charge is -2.26. The molecule has 3 rings (SSSR count). The first-order valence-electron chi connectivity index (χ1n) is 8.68. The van der Waals surface area contributed by atoms with Crippen molar-refractivity contribution in [3.8, 4) is 17.2 Å². The number of nitrogens with one attached hydrogen (secondary N) is 1. The zero-order chi connectivity index (χ0) is 19.9. The molecule has 0 saturated carbocycles. The van der Waals surface area contributed by atoms with Gasteiger partial charge in [-0.2, -0.15) is 0 Å². The maximum absolute atomic E-state index is 13.6. The lowest BCUT2D eigenvalue weighted by atomic mass is 10.1. The molecule has 0 unspecified atom stereocenters. The van der Waals surface area contributed by atoms with Crippen molar-refractivity contribution < 1.29 is 32.9 Å². The SMILES string of the molecule is COc1ccc(CC(=O)OCC(=O)NC[C@@H]2COc3ccccc3O2)cc1F. The van der Waals surface area contributed by atoms with E-state index in [2.05, 4.69) is 5.32 Å². The maximum Gasteiger partial charge on any atom is 0.310 e. The number of carbonyl (C=O) groups is 2. The molecule has 0 fully saturated rings. The van der Waals surface area contributed by atoms with E-state index in [1.165, 1.54) is 19.2 Å². The third-order valence-corrected chi connectivity index (χ3v) is 4.02. The molecule has 0 spiro atoms. The van der Waals surface area contributed by atoms with Gasteiger partial charge in [-0.1, -0.05) is 18.2 Å². The van der Waals surface area contributed by atoms with Gasteiger partial charge in [-0.25, -0.2) is 4.39 Å². The van der Waals surface area contributed by atoms with Crippen LogP contribution < -0.4 is 19.5 Å². The summed E-state index contributed by atoms with van der Waals surface area (Å²) in [4.78, 5) is 23.7. The van der Waals surface area contributed by atoms with Gasteiger partial charge in [-0.15, -0.1) is 0 Å². The number of hydrogen-bond donors (Lipinski definition) is 1. The Hall–Kier alpha value is -3.29. The Bertz CT molecular complexity index is 856. The van der Waals surface area contributed by atoms with E-state index in [0.29, 0.717) is 23.7 Å². The highest BCUT2D eigenvalue weighted by atomic mass is 19.1. The summed E-state index contributed by atoms with van der Waals surface area (Å²) in [6.07, 6.45) is -0.485. The van der Waals surface area contributed by atoms with Gasteiger partial charge in [0.2, 0.25) is 0 Å². The van der Waals surface area contributed by atoms with Crippen LogP contribution in [0.25, 0.3) is 0 Å². The van der Waals surface area contributed by atoms with Crippen LogP contribution in [0.3, 0.4) is 0 Å². The first-order valence-corrected chi connectivity index (χ1v) is 8.68. The van der Waals surface area contributed by atoms with Crippen LogP contribution in [0.15, 0.2) is 42.5 Å². The van der Waals surface area contributed by atoms with Gasteiger partial charge >= 0.3 is 5.97 Å². The number of halogens is 1. The summed E-state index contributed by atoms with van der Waals surface area (Å²) in [7, 11) is 1.36. The van der Waals surface area contributed by atoms with E-state index in [0.717, 1.165) is 0 Å². The van der Waals surface area contributed by atoms with E-state index in [-0.39, 0.29) is 24.8 Å². The van der Waals surface area contributed by atoms with Crippen LogP contribution in [0.2, 0.25) is 0 Å². The smallest absolute Gasteiger partial charge is 0.310 e. The molecular weight excluding hydrogens is 369 g/mol. The highest BCUT2D eigenvalue weighted by Crippen LogP contribution is 2.30. The molecule has 0 bridgehead atoms. The van der Waals surface area contributed by atoms with E-state index >= 15 is 0 Å². The van der Waals surface area contributed by atoms with Crippen LogP contribution in [0.4, 0.5) is 4.39 Å². The third-order valence-electron chi connectivity index (χ3n) is 4.02. The zero-order valence-electron chi connectivity index (χ0n) is 15.3. The highest BCUT2D eigenvalue weighted by molar-refractivity contribution is 5.81. The molecule has 1 aliphatic heterocycles. The van der Waals surface area contributed by atoms with Crippen LogP contribution in [-0.4, -0.2) is 44.8 Å². The Kier molecular flexibility index (Phi) is 6.31. The second kappa shape index (κ2) is 9.07. The average molecular weight is 389 g/mol. The Labute approximate surface area is 161 Å². The summed E-state index contributed by atoms with van der Waals surface area (Å²) in [6.45, 7) is 0.0934. The second-order valence-electron chi connectivity index (χ2n) is 6.11. The molecule has 2 aromatic rings. The largest absolute Gasteiger partial charge is 0.494 e. The molecular formula is C20H20FNO6. The lowest BCUT2D eigenvalue weighted by molar-refractivity contribution is -0.148. The summed E-state index contributed by atoms with van der Waals surface area (Å²) in [5.74, 6) is -0.294. The fourth-order valence-electron chi connectivity index (χ4n) is 2.63. The standard InChI is InChI=1S/C20H20FNO6/c1-25-16-7-6-13(8-15(16)21)9-20(24)27-12-19(23)22-10-14-11-26-17-4-2-3-5-18(17)28-14/h2-8,14H,9-12H2,1H3,(H,22,23)/t14-/m1/s1. The fourth-order valence-corrected chi connectivity index (χ4v) is 2.63. The van der Waals surface area contributed by atoms with Crippen molar-refractivity contribution in [1.29, 1.82) is 0 Å². The Morgan fingerprint density at radius 3 is 2.75 bits per heavy atom. The summed E-state index contributed by atoms with van der Waals surface area (Å²) in [5, 5.41) is 2.63. The first kappa shape index (κ1) is 19.5. The summed E-state index contributed by atoms with van der Waals surface area (Å²) >= 11 is 0. The summed E-state index contributed by atoms with van der Waals surface area (Å²) < 4.78 is 34.6. The predicted octanol–water partition coefficient (Wildman–Crippen LogP) is 1.88. The number of benzene rings is 2. The minimum Gasteiger partial charge on any atom is -0.494 e. The van der Waals surface area contributed by atoms with E-state index in [1.54, 1.807) is 18.2 Å². The van der Waals surface area contributed by atoms with E-state index < -0.39 is 24.3 Å². The molecule has 0 aromatic heterocycles. The average Bonchev–Trinajstić information content (AvgIpc) is 2.70. The van der Waals surface area contributed by atoms with E-state index in [1.807, 2.05) is 12.1 Å². The number of esters is 1. The molecule has 1 atom stereocenters. The molecule has 2 aromatic carbocycles. The van der Waals surface area contributed by atoms with Crippen LogP contribution in [0.1, 0.15) is 5.56 Å². The minimum absolute atomic E-state index is 0.0908. The van der Waals surface area contributed by atoms with Gasteiger partial charge in [0.05, 0.1) is 20.1 Å². The van der Waals surface area contributed by atoms with Gasteiger partial charge in [0.1, 0.15) is 12.7 Å². The van der Waals surface area contributed by atoms with Crippen molar-refractivity contribution in [2.24, 2.45) is 0 Å². The molecule has 0 radical (unpaired) electrons. The van der Waals surface area contributed by atoms with Gasteiger partial charge in [-0.3, -0.25) is 9.59 Å². The van der Waals surface area contributed by atoms with Gasteiger partial charge in [-0.05, 0) is 29.8 Å². The van der Waals surface area contributed by atoms with Gasteiger partial charge in [0.25, 0.3) is 5.91 Å². The number of methoxy groups -OCH3 is 1. The van der Waals surface area contributed by atoms with Crippen LogP contribution >= 0.6 is 0 Å². The van der Waals surface area contributed by atoms with Crippen molar-refractivity contribution in [2.75, 3.05) is 26.9 Å². The highest BCUT2D eigenvalue weighted by Gasteiger charge is 2.21. The Morgan fingerprint density at radius 1 is 1.21 bits per heavy atom. The number of ether oxygens (including phenoxy) is 4. The summed E-state index contributed by atoms with van der Waals surface area (Å²) in [6, 6.07) is 11.4. The monoisotopic (exact) mass is 389 g/mol. The normalized spacial score (nSPS) is 14.9. The molecule has 28 heavy (non-hydrogen) atoms. The Morgan fingerprint density at radius 2 is 2.00 bits per heavy atom. The molecule has 148 valence electrons. The van der Waals surface area contributed by atoms with Gasteiger partial charge in [0.15, 0.2) is 29.7 Å². The molecule has 1 amide bonds. The molecule has 0 aliphatic carbocycles. The molecule has 8 heteroatoms. The van der Waals surface area contributed by atoms with Crippen LogP contribution in [0.5, 0.6) is 17.2 Å². The van der Waals surface area contributed by atoms with E-state index in [9.17, 15) is 14.0 Å². The molecule has 1 N–H and O–H groups in total. The number of amides is 1. The number of carbonyl (C=O) groups excluding carboxylic acids is 2. The molecule has 7 nitrogen and oxygen atoms in total. The minimum atomic E-state index is -0.633. The van der Waals surface area contributed by atoms with Crippen molar-refractivity contribution in [1.82, 2.24) is 5.32 Å². The Balaban J connectivity index is 1.38. The summed E-state index contributed by atoms with van der Waals surface area (Å²) in [5.41, 5.74) is 0.426. The number of fused-ring (bicyclic) bond motifs is 1. The third kappa shape index (κ3) is 5.12. The second-order valence-corrected chi connectivity index (χ2v) is 6.11. The number of hydrogen-bond acceptors (Lipinski definition) is 6. The van der Waals surface area contributed by atoms with Crippen LogP contribution in [0, 0.1) is 5.82 Å². The lowest BCUT2D eigenvalue weighted by Crippen LogP contribution is -2.42. The van der Waals surface area contributed by atoms with E-state index in [4.69, 9.17) is 18.9 Å². The number of rotatable bonds is 7. The van der Waals surface area contributed by atoms with Gasteiger partial charge < -0.3 is 24.3 Å². The zero-order valence-corrected chi connectivity index (χ0v) is 15.3. The number of para-hydroxylation sites is 2. The fraction of sp³-hybridized carbons (Fsp3) is 0.300. The predicted molar refractivity (Wildman–Crippen MR) is 97.0 cm³/mol. The quantitative estimate of drug-likeness (QED) is 0.728. The maximum atomic E-state index is 13.6. The van der Waals surface area contributed by atoms with Crippen molar-refractivity contribution in [3.05, 3.63) is 53.8 Å². The first-order chi connectivity index (χ1) is 13.5. The van der Waals surface area contributed by atoms with Crippen molar-refractivity contribution >= 4 is 11.9 Å². The molecule has 1 aliphatic rings.